The standard InChI is InChI=1S/C13H16N2OS/c1-10(15-17(16)13(2,3)4)12-7-5-6-11(8-12)9-14/h5-8H,1-4H3. The first-order valence-corrected chi connectivity index (χ1v) is 6.43. The molecule has 4 heteroatoms. The van der Waals surface area contributed by atoms with Crippen LogP contribution in [0.3, 0.4) is 0 Å². The maximum absolute atomic E-state index is 11.9. The summed E-state index contributed by atoms with van der Waals surface area (Å²) >= 11 is -1.27. The number of rotatable bonds is 2. The van der Waals surface area contributed by atoms with Crippen LogP contribution in [-0.2, 0) is 11.4 Å². The maximum Gasteiger partial charge on any atom is 0.144 e. The van der Waals surface area contributed by atoms with Crippen LogP contribution in [0.5, 0.6) is 0 Å². The SMILES string of the molecule is CC(=N[S+]([O-])C(C)(C)C)c1cccc(C#N)c1. The molecule has 0 saturated heterocycles. The summed E-state index contributed by atoms with van der Waals surface area (Å²) in [6, 6.07) is 9.22. The van der Waals surface area contributed by atoms with Crippen LogP contribution in [0.4, 0.5) is 0 Å². The van der Waals surface area contributed by atoms with Gasteiger partial charge in [-0.05, 0) is 39.8 Å². The topological polar surface area (TPSA) is 59.2 Å². The van der Waals surface area contributed by atoms with Crippen molar-refractivity contribution in [3.05, 3.63) is 35.4 Å². The van der Waals surface area contributed by atoms with Gasteiger partial charge in [-0.2, -0.15) is 5.26 Å². The molecule has 0 fully saturated rings. The molecular formula is C13H16N2OS. The molecule has 90 valence electrons. The molecule has 1 rings (SSSR count). The summed E-state index contributed by atoms with van der Waals surface area (Å²) in [5.41, 5.74) is 2.11. The predicted octanol–water partition coefficient (Wildman–Crippen LogP) is 2.83. The fourth-order valence-corrected chi connectivity index (χ4v) is 1.76. The third-order valence-electron chi connectivity index (χ3n) is 2.15. The van der Waals surface area contributed by atoms with Crippen molar-refractivity contribution in [2.24, 2.45) is 4.40 Å². The minimum atomic E-state index is -1.27. The van der Waals surface area contributed by atoms with Gasteiger partial charge in [0.2, 0.25) is 0 Å². The summed E-state index contributed by atoms with van der Waals surface area (Å²) < 4.78 is 15.7. The normalized spacial score (nSPS) is 14.2. The molecule has 1 aromatic rings. The molecule has 0 saturated carbocycles. The van der Waals surface area contributed by atoms with Crippen LogP contribution in [0.1, 0.15) is 38.8 Å². The first kappa shape index (κ1) is 13.8. The number of hydrogen-bond donors (Lipinski definition) is 0. The third-order valence-corrected chi connectivity index (χ3v) is 3.64. The van der Waals surface area contributed by atoms with E-state index >= 15 is 0 Å². The minimum Gasteiger partial charge on any atom is -0.591 e. The number of benzene rings is 1. The molecule has 3 nitrogen and oxygen atoms in total. The van der Waals surface area contributed by atoms with E-state index in [0.29, 0.717) is 11.3 Å². The van der Waals surface area contributed by atoms with E-state index in [1.165, 1.54) is 0 Å². The van der Waals surface area contributed by atoms with Crippen LogP contribution in [0.2, 0.25) is 0 Å². The Bertz CT molecular complexity index is 469. The average Bonchev–Trinajstić information content (AvgIpc) is 2.27. The first-order valence-electron chi connectivity index (χ1n) is 5.32. The highest BCUT2D eigenvalue weighted by atomic mass is 32.2. The van der Waals surface area contributed by atoms with E-state index < -0.39 is 11.4 Å². The highest BCUT2D eigenvalue weighted by Gasteiger charge is 2.26. The van der Waals surface area contributed by atoms with Crippen molar-refractivity contribution in [3.8, 4) is 6.07 Å². The summed E-state index contributed by atoms with van der Waals surface area (Å²) in [5.74, 6) is 0. The lowest BCUT2D eigenvalue weighted by Crippen LogP contribution is -2.26. The number of nitrogens with zero attached hydrogens (tertiary/aromatic N) is 2. The lowest BCUT2D eigenvalue weighted by Gasteiger charge is -2.18. The highest BCUT2D eigenvalue weighted by Crippen LogP contribution is 2.18. The zero-order valence-electron chi connectivity index (χ0n) is 10.5. The molecule has 0 heterocycles. The van der Waals surface area contributed by atoms with Gasteiger partial charge < -0.3 is 4.55 Å². The Morgan fingerprint density at radius 3 is 2.59 bits per heavy atom. The van der Waals surface area contributed by atoms with Crippen LogP contribution in [0, 0.1) is 11.3 Å². The van der Waals surface area contributed by atoms with Gasteiger partial charge in [0, 0.05) is 5.56 Å². The Labute approximate surface area is 106 Å². The molecule has 0 bridgehead atoms. The van der Waals surface area contributed by atoms with E-state index in [4.69, 9.17) is 5.26 Å². The Hall–Kier alpha value is -1.31. The second kappa shape index (κ2) is 5.35. The van der Waals surface area contributed by atoms with Crippen molar-refractivity contribution in [2.45, 2.75) is 32.4 Å². The van der Waals surface area contributed by atoms with Gasteiger partial charge in [-0.1, -0.05) is 16.5 Å². The quantitative estimate of drug-likeness (QED) is 0.597. The van der Waals surface area contributed by atoms with E-state index in [1.54, 1.807) is 25.1 Å². The van der Waals surface area contributed by atoms with E-state index in [9.17, 15) is 4.55 Å². The summed E-state index contributed by atoms with van der Waals surface area (Å²) in [6.07, 6.45) is 0. The van der Waals surface area contributed by atoms with Crippen molar-refractivity contribution < 1.29 is 4.55 Å². The predicted molar refractivity (Wildman–Crippen MR) is 71.3 cm³/mol. The van der Waals surface area contributed by atoms with E-state index in [-0.39, 0.29) is 4.75 Å². The molecule has 0 aliphatic heterocycles. The molecular weight excluding hydrogens is 232 g/mol. The first-order chi connectivity index (χ1) is 7.84. The summed E-state index contributed by atoms with van der Waals surface area (Å²) in [7, 11) is 0. The van der Waals surface area contributed by atoms with Crippen molar-refractivity contribution in [1.82, 2.24) is 0 Å². The molecule has 0 spiro atoms. The van der Waals surface area contributed by atoms with E-state index in [0.717, 1.165) is 5.56 Å². The Kier molecular flexibility index (Phi) is 4.33. The monoisotopic (exact) mass is 248 g/mol. The van der Waals surface area contributed by atoms with Gasteiger partial charge in [0.1, 0.15) is 16.1 Å². The fourth-order valence-electron chi connectivity index (χ4n) is 1.13. The summed E-state index contributed by atoms with van der Waals surface area (Å²) in [4.78, 5) is 0. The van der Waals surface area contributed by atoms with Gasteiger partial charge >= 0.3 is 0 Å². The average molecular weight is 248 g/mol. The van der Waals surface area contributed by atoms with Gasteiger partial charge in [-0.15, -0.1) is 0 Å². The largest absolute Gasteiger partial charge is 0.591 e. The van der Waals surface area contributed by atoms with E-state index in [2.05, 4.69) is 10.5 Å². The Balaban J connectivity index is 3.00. The van der Waals surface area contributed by atoms with Crippen LogP contribution < -0.4 is 0 Å². The summed E-state index contributed by atoms with van der Waals surface area (Å²) in [6.45, 7) is 7.45. The second-order valence-electron chi connectivity index (χ2n) is 4.73. The lowest BCUT2D eigenvalue weighted by atomic mass is 10.1. The van der Waals surface area contributed by atoms with Gasteiger partial charge in [0.25, 0.3) is 0 Å². The zero-order chi connectivity index (χ0) is 13.1. The molecule has 0 aromatic heterocycles. The third kappa shape index (κ3) is 3.88. The van der Waals surface area contributed by atoms with Crippen molar-refractivity contribution in [2.75, 3.05) is 0 Å². The van der Waals surface area contributed by atoms with Crippen LogP contribution in [0.25, 0.3) is 0 Å². The molecule has 0 aliphatic carbocycles. The molecule has 0 N–H and O–H groups in total. The van der Waals surface area contributed by atoms with Crippen LogP contribution in [-0.4, -0.2) is 15.0 Å². The van der Waals surface area contributed by atoms with Gasteiger partial charge in [-0.3, -0.25) is 0 Å². The van der Waals surface area contributed by atoms with Crippen molar-refractivity contribution >= 4 is 17.1 Å². The minimum absolute atomic E-state index is 0.367. The number of nitriles is 1. The van der Waals surface area contributed by atoms with Crippen molar-refractivity contribution in [3.63, 3.8) is 0 Å². The van der Waals surface area contributed by atoms with Gasteiger partial charge in [0.15, 0.2) is 0 Å². The zero-order valence-corrected chi connectivity index (χ0v) is 11.3. The molecule has 0 aliphatic rings. The van der Waals surface area contributed by atoms with Gasteiger partial charge in [-0.25, -0.2) is 0 Å². The fraction of sp³-hybridized carbons (Fsp3) is 0.385. The Morgan fingerprint density at radius 2 is 2.06 bits per heavy atom. The van der Waals surface area contributed by atoms with Crippen molar-refractivity contribution in [1.29, 1.82) is 5.26 Å². The molecule has 1 atom stereocenters. The molecule has 0 amide bonds. The van der Waals surface area contributed by atoms with E-state index in [1.807, 2.05) is 26.8 Å². The van der Waals surface area contributed by atoms with Gasteiger partial charge in [0.05, 0.1) is 17.3 Å². The van der Waals surface area contributed by atoms with Crippen LogP contribution >= 0.6 is 0 Å². The smallest absolute Gasteiger partial charge is 0.144 e. The second-order valence-corrected chi connectivity index (χ2v) is 6.64. The molecule has 1 aromatic carbocycles. The summed E-state index contributed by atoms with van der Waals surface area (Å²) in [5, 5.41) is 8.81. The lowest BCUT2D eigenvalue weighted by molar-refractivity contribution is 0.561. The molecule has 17 heavy (non-hydrogen) atoms. The Morgan fingerprint density at radius 1 is 1.41 bits per heavy atom. The molecule has 1 unspecified atom stereocenters. The number of hydrogen-bond acceptors (Lipinski definition) is 3. The van der Waals surface area contributed by atoms with Crippen LogP contribution in [0.15, 0.2) is 28.7 Å². The maximum atomic E-state index is 11.9. The highest BCUT2D eigenvalue weighted by molar-refractivity contribution is 7.91. The molecule has 0 radical (unpaired) electrons.